The van der Waals surface area contributed by atoms with E-state index < -0.39 is 153 Å². The molecule has 0 amide bonds. The number of hydrogen-bond donors (Lipinski definition) is 0. The molecule has 0 aliphatic carbocycles. The first kappa shape index (κ1) is 39.5. The van der Waals surface area contributed by atoms with E-state index in [0.29, 0.717) is 0 Å². The molecule has 4 aromatic heterocycles. The van der Waals surface area contributed by atoms with E-state index in [1.807, 2.05) is 0 Å². The Bertz CT molecular complexity index is 2280. The van der Waals surface area contributed by atoms with E-state index in [1.54, 1.807) is 0 Å². The SMILES string of the molecule is O=[N+]([O-])c1nn([B-](n2nc([N+](=O)[O-])c([N+](=O)[O-])c2[N+](=O)[O-])(n2nc([N+](=O)[O-])c([N+](=O)[O-])c2[N+](=O)[O-])n2nc([N+](=O)[O-])c([N+](=O)[O-])c2[N+](=O)[O-])c([N+](=O)[O-])c1[N+](=O)[O-]. The van der Waals surface area contributed by atoms with Gasteiger partial charge in [0.1, 0.15) is 20.4 Å². The van der Waals surface area contributed by atoms with Crippen LogP contribution in [0, 0.1) is 121 Å². The van der Waals surface area contributed by atoms with Gasteiger partial charge in [0.25, 0.3) is 0 Å². The van der Waals surface area contributed by atoms with Crippen molar-refractivity contribution in [3.63, 3.8) is 0 Å². The van der Waals surface area contributed by atoms with Crippen molar-refractivity contribution in [3.8, 4) is 0 Å². The molecule has 0 radical (unpaired) electrons. The Hall–Kier alpha value is -10.3. The van der Waals surface area contributed by atoms with Gasteiger partial charge in [0.15, 0.2) is 0 Å². The van der Waals surface area contributed by atoms with Crippen molar-refractivity contribution in [3.05, 3.63) is 121 Å². The Balaban J connectivity index is 2.82. The van der Waals surface area contributed by atoms with Crippen molar-refractivity contribution in [1.82, 2.24) is 38.8 Å². The van der Waals surface area contributed by atoms with Gasteiger partial charge in [-0.2, -0.15) is 0 Å². The Morgan fingerprint density at radius 1 is 0.281 bits per heavy atom. The number of nitro groups is 12. The summed E-state index contributed by atoms with van der Waals surface area (Å²) in [6, 6.07) is 0. The lowest BCUT2D eigenvalue weighted by molar-refractivity contribution is -0.442. The van der Waals surface area contributed by atoms with E-state index in [4.69, 9.17) is 0 Å². The van der Waals surface area contributed by atoms with E-state index in [-0.39, 0.29) is 0 Å². The molecule has 0 unspecified atom stereocenters. The molecule has 0 saturated heterocycles. The topological polar surface area (TPSA) is 589 Å². The standard InChI is InChI=1S/C12BN20O24/c34-22(35)1-5(26(42)43)14-18(9(1)30(50)51)13(19-10(31(52)53)2(23(36)37)6(15-19)27(44)45,20-11(32(54)55)3(24(38)39)7(16-20)28(46)47)21-12(33(56)57)4(25(40)41)8(17-21)29(48)49/q-1. The highest BCUT2D eigenvalue weighted by molar-refractivity contribution is 6.74. The van der Waals surface area contributed by atoms with Crippen molar-refractivity contribution < 1.29 is 59.1 Å². The van der Waals surface area contributed by atoms with Crippen LogP contribution in [0.25, 0.3) is 0 Å². The highest BCUT2D eigenvalue weighted by atomic mass is 16.7. The summed E-state index contributed by atoms with van der Waals surface area (Å²) < 4.78 is -5.48. The zero-order valence-corrected chi connectivity index (χ0v) is 25.3. The minimum Gasteiger partial charge on any atom is -0.358 e. The quantitative estimate of drug-likeness (QED) is 0.0766. The van der Waals surface area contributed by atoms with Crippen LogP contribution in [0.3, 0.4) is 0 Å². The molecule has 4 aromatic rings. The lowest BCUT2D eigenvalue weighted by atomic mass is 9.74. The molecule has 4 rings (SSSR count). The predicted molar refractivity (Wildman–Crippen MR) is 156 cm³/mol. The predicted octanol–water partition coefficient (Wildman–Crippen LogP) is -0.700. The maximum Gasteiger partial charge on any atom is 0.934 e. The average molecular weight is 819 g/mol. The van der Waals surface area contributed by atoms with Crippen LogP contribution >= 0.6 is 0 Å². The summed E-state index contributed by atoms with van der Waals surface area (Å²) in [6.07, 6.45) is 0. The summed E-state index contributed by atoms with van der Waals surface area (Å²) in [6.45, 7) is -6.68. The maximum atomic E-state index is 12.5. The van der Waals surface area contributed by atoms with E-state index in [9.17, 15) is 121 Å². The molecule has 4 heterocycles. The third kappa shape index (κ3) is 5.52. The maximum absolute atomic E-state index is 12.5. The molecule has 45 heteroatoms. The zero-order chi connectivity index (χ0) is 43.5. The molecule has 0 N–H and O–H groups in total. The van der Waals surface area contributed by atoms with Crippen LogP contribution < -0.4 is 0 Å². The molecule has 0 aliphatic rings. The van der Waals surface area contributed by atoms with Crippen LogP contribution in [-0.2, 0) is 0 Å². The molecule has 0 aromatic carbocycles. The monoisotopic (exact) mass is 819 g/mol. The van der Waals surface area contributed by atoms with Crippen LogP contribution in [-0.4, -0.2) is 105 Å². The van der Waals surface area contributed by atoms with Crippen molar-refractivity contribution in [1.29, 1.82) is 0 Å². The number of rotatable bonds is 16. The third-order valence-corrected chi connectivity index (χ3v) is 6.80. The highest BCUT2D eigenvalue weighted by Gasteiger charge is 2.85. The van der Waals surface area contributed by atoms with Crippen molar-refractivity contribution >= 4 is 76.0 Å². The van der Waals surface area contributed by atoms with Gasteiger partial charge in [-0.05, 0) is 39.4 Å². The Labute approximate surface area is 296 Å². The summed E-state index contributed by atoms with van der Waals surface area (Å²) in [7, 11) is 0. The van der Waals surface area contributed by atoms with Crippen LogP contribution in [0.15, 0.2) is 0 Å². The van der Waals surface area contributed by atoms with Crippen LogP contribution in [0.2, 0.25) is 0 Å². The zero-order valence-electron chi connectivity index (χ0n) is 25.3. The van der Waals surface area contributed by atoms with E-state index in [2.05, 4.69) is 20.4 Å². The fraction of sp³-hybridized carbons (Fsp3) is 0. The Morgan fingerprint density at radius 2 is 0.439 bits per heavy atom. The molecule has 296 valence electrons. The minimum absolute atomic E-state index is 1.37. The minimum atomic E-state index is -6.68. The van der Waals surface area contributed by atoms with Gasteiger partial charge in [-0.15, -0.1) is 0 Å². The molecule has 0 fully saturated rings. The van der Waals surface area contributed by atoms with E-state index in [0.717, 1.165) is 0 Å². The van der Waals surface area contributed by atoms with E-state index in [1.165, 1.54) is 0 Å². The molecule has 0 aliphatic heterocycles. The molecule has 44 nitrogen and oxygen atoms in total. The smallest absolute Gasteiger partial charge is 0.358 e. The normalized spacial score (nSPS) is 11.1. The second-order valence-electron chi connectivity index (χ2n) is 9.54. The van der Waals surface area contributed by atoms with Gasteiger partial charge in [-0.1, -0.05) is 18.4 Å². The average Bonchev–Trinajstić information content (AvgIpc) is 3.86. The highest BCUT2D eigenvalue weighted by Crippen LogP contribution is 2.48. The van der Waals surface area contributed by atoms with Gasteiger partial charge >= 0.3 is 76.0 Å². The molecule has 0 saturated carbocycles. The number of aromatic nitrogens is 8. The van der Waals surface area contributed by atoms with Crippen molar-refractivity contribution in [2.75, 3.05) is 0 Å². The fourth-order valence-electron chi connectivity index (χ4n) is 5.03. The first-order valence-corrected chi connectivity index (χ1v) is 12.7. The summed E-state index contributed by atoms with van der Waals surface area (Å²) in [5.41, 5.74) is -10.6. The molecule has 0 bridgehead atoms. The third-order valence-electron chi connectivity index (χ3n) is 6.80. The van der Waals surface area contributed by atoms with Gasteiger partial charge in [-0.3, -0.25) is 40.5 Å². The second kappa shape index (κ2) is 13.0. The van der Waals surface area contributed by atoms with Gasteiger partial charge in [0.05, 0.1) is 19.7 Å². The Morgan fingerprint density at radius 3 is 0.544 bits per heavy atom. The molecular weight excluding hydrogens is 819 g/mol. The number of hydrogen-bond acceptors (Lipinski definition) is 28. The summed E-state index contributed by atoms with van der Waals surface area (Å²) in [5.74, 6) is -21.7. The van der Waals surface area contributed by atoms with Crippen LogP contribution in [0.4, 0.5) is 69.3 Å². The molecule has 0 spiro atoms. The summed E-state index contributed by atoms with van der Waals surface area (Å²) in [5, 5.41) is 157. The van der Waals surface area contributed by atoms with Gasteiger partial charge in [-0.25, -0.2) is 0 Å². The first-order valence-electron chi connectivity index (χ1n) is 12.7. The van der Waals surface area contributed by atoms with E-state index >= 15 is 0 Å². The molecule has 0 atom stereocenters. The fourth-order valence-corrected chi connectivity index (χ4v) is 5.03. The van der Waals surface area contributed by atoms with Gasteiger partial charge in [0, 0.05) is 0 Å². The second-order valence-corrected chi connectivity index (χ2v) is 9.54. The van der Waals surface area contributed by atoms with Crippen LogP contribution in [0.1, 0.15) is 0 Å². The van der Waals surface area contributed by atoms with Crippen LogP contribution in [0.5, 0.6) is 0 Å². The molecular formula is C12BN20O24-. The Kier molecular flexibility index (Phi) is 9.03. The van der Waals surface area contributed by atoms with Gasteiger partial charge < -0.3 is 80.9 Å². The summed E-state index contributed by atoms with van der Waals surface area (Å²) >= 11 is 0. The first-order chi connectivity index (χ1) is 26.3. The lowest BCUT2D eigenvalue weighted by Crippen LogP contribution is -2.66. The van der Waals surface area contributed by atoms with Crippen molar-refractivity contribution in [2.45, 2.75) is 0 Å². The number of nitrogens with zero attached hydrogens (tertiary/aromatic N) is 20. The van der Waals surface area contributed by atoms with Gasteiger partial charge in [0.2, 0.25) is 0 Å². The summed E-state index contributed by atoms with van der Waals surface area (Å²) in [4.78, 5) is 120. The molecule has 57 heavy (non-hydrogen) atoms. The largest absolute Gasteiger partial charge is 0.934 e. The lowest BCUT2D eigenvalue weighted by Gasteiger charge is -2.14. The van der Waals surface area contributed by atoms with Crippen molar-refractivity contribution in [2.24, 2.45) is 0 Å².